The lowest BCUT2D eigenvalue weighted by Crippen LogP contribution is -2.49. The Morgan fingerprint density at radius 1 is 1.18 bits per heavy atom. The molecule has 3 aliphatic heterocycles. The fourth-order valence-electron chi connectivity index (χ4n) is 5.28. The number of nitrogens with two attached hydrogens (primary N) is 1. The number of fused-ring (bicyclic) bond motifs is 2. The second kappa shape index (κ2) is 7.71. The number of hydrogen-bond acceptors (Lipinski definition) is 5. The van der Waals surface area contributed by atoms with Crippen LogP contribution in [0.25, 0.3) is 11.1 Å². The number of halogens is 2. The molecule has 3 unspecified atom stereocenters. The Hall–Kier alpha value is -2.64. The summed E-state index contributed by atoms with van der Waals surface area (Å²) in [6, 6.07) is 10.2. The van der Waals surface area contributed by atoms with Crippen molar-refractivity contribution in [2.45, 2.75) is 50.4 Å². The van der Waals surface area contributed by atoms with Crippen molar-refractivity contribution in [1.82, 2.24) is 4.90 Å². The average Bonchev–Trinajstić information content (AvgIpc) is 2.98. The molecule has 0 saturated carbocycles. The van der Waals surface area contributed by atoms with Gasteiger partial charge in [0.05, 0.1) is 10.6 Å². The smallest absolute Gasteiger partial charge is 0.261 e. The SMILES string of the molecule is CN1C(=O)C2(CC(C3CCOC(C)(C)C3)Oc3ccc(-c4ccc(F)c(Cl)c4)cc32)N=C1N. The van der Waals surface area contributed by atoms with E-state index in [0.29, 0.717) is 24.3 Å². The standard InChI is InChI=1S/C25H27ClFN3O3/c1-24(2)12-16(8-9-32-24)21-13-25(22(31)30(3)23(28)29-25)17-10-14(5-7-20(17)33-21)15-4-6-19(27)18(26)11-15/h4-7,10-11,16,21H,8-9,12-13H2,1-3H3,(H2,28,29). The van der Waals surface area contributed by atoms with Crippen molar-refractivity contribution >= 4 is 23.5 Å². The van der Waals surface area contributed by atoms with Crippen LogP contribution in [0.5, 0.6) is 5.75 Å². The number of rotatable bonds is 2. The van der Waals surface area contributed by atoms with E-state index in [-0.39, 0.29) is 34.5 Å². The fraction of sp³-hybridized carbons (Fsp3) is 0.440. The number of carbonyl (C=O) groups excluding carboxylic acids is 1. The number of hydrogen-bond donors (Lipinski definition) is 1. The van der Waals surface area contributed by atoms with Gasteiger partial charge in [-0.25, -0.2) is 9.38 Å². The molecule has 0 radical (unpaired) electrons. The molecular weight excluding hydrogens is 445 g/mol. The Morgan fingerprint density at radius 2 is 1.91 bits per heavy atom. The van der Waals surface area contributed by atoms with E-state index >= 15 is 0 Å². The third kappa shape index (κ3) is 3.67. The first-order chi connectivity index (χ1) is 15.6. The molecule has 6 nitrogen and oxygen atoms in total. The van der Waals surface area contributed by atoms with Gasteiger partial charge in [0.2, 0.25) is 0 Å². The van der Waals surface area contributed by atoms with Gasteiger partial charge in [-0.05, 0) is 62.1 Å². The van der Waals surface area contributed by atoms with Crippen molar-refractivity contribution in [2.75, 3.05) is 13.7 Å². The van der Waals surface area contributed by atoms with Crippen LogP contribution >= 0.6 is 11.6 Å². The van der Waals surface area contributed by atoms with Crippen LogP contribution in [0.3, 0.4) is 0 Å². The summed E-state index contributed by atoms with van der Waals surface area (Å²) < 4.78 is 26.1. The lowest BCUT2D eigenvalue weighted by molar-refractivity contribution is -0.134. The Morgan fingerprint density at radius 3 is 2.58 bits per heavy atom. The molecule has 1 amide bonds. The second-order valence-electron chi connectivity index (χ2n) is 9.76. The van der Waals surface area contributed by atoms with E-state index in [1.165, 1.54) is 11.0 Å². The van der Waals surface area contributed by atoms with E-state index < -0.39 is 11.4 Å². The van der Waals surface area contributed by atoms with Crippen LogP contribution in [0.15, 0.2) is 41.4 Å². The number of amides is 1. The van der Waals surface area contributed by atoms with Crippen LogP contribution in [0, 0.1) is 11.7 Å². The van der Waals surface area contributed by atoms with Crippen LogP contribution in [0.2, 0.25) is 5.02 Å². The lowest BCUT2D eigenvalue weighted by atomic mass is 9.74. The summed E-state index contributed by atoms with van der Waals surface area (Å²) in [5.41, 5.74) is 6.92. The Labute approximate surface area is 197 Å². The van der Waals surface area contributed by atoms with Crippen molar-refractivity contribution < 1.29 is 18.7 Å². The third-order valence-corrected chi connectivity index (χ3v) is 7.31. The molecule has 3 atom stereocenters. The van der Waals surface area contributed by atoms with Crippen LogP contribution in [-0.2, 0) is 15.1 Å². The number of carbonyl (C=O) groups is 1. The van der Waals surface area contributed by atoms with Gasteiger partial charge in [-0.3, -0.25) is 9.69 Å². The van der Waals surface area contributed by atoms with Gasteiger partial charge in [0.25, 0.3) is 5.91 Å². The molecule has 0 aromatic heterocycles. The van der Waals surface area contributed by atoms with Gasteiger partial charge >= 0.3 is 0 Å². The predicted molar refractivity (Wildman–Crippen MR) is 125 cm³/mol. The number of guanidine groups is 1. The van der Waals surface area contributed by atoms with Crippen LogP contribution in [-0.4, -0.2) is 42.1 Å². The van der Waals surface area contributed by atoms with Crippen LogP contribution in [0.1, 0.15) is 38.7 Å². The molecule has 1 saturated heterocycles. The zero-order valence-electron chi connectivity index (χ0n) is 18.9. The molecule has 0 aliphatic carbocycles. The van der Waals surface area contributed by atoms with E-state index in [2.05, 4.69) is 13.8 Å². The number of benzene rings is 2. The number of likely N-dealkylation sites (N-methyl/N-ethyl adjacent to an activating group) is 1. The summed E-state index contributed by atoms with van der Waals surface area (Å²) in [7, 11) is 1.64. The zero-order chi connectivity index (χ0) is 23.5. The molecule has 8 heteroatoms. The molecule has 2 N–H and O–H groups in total. The van der Waals surface area contributed by atoms with Crippen molar-refractivity contribution in [3.8, 4) is 16.9 Å². The first-order valence-corrected chi connectivity index (χ1v) is 11.5. The Bertz CT molecular complexity index is 1170. The highest BCUT2D eigenvalue weighted by Crippen LogP contribution is 2.49. The number of nitrogens with zero attached hydrogens (tertiary/aromatic N) is 2. The maximum Gasteiger partial charge on any atom is 0.261 e. The highest BCUT2D eigenvalue weighted by atomic mass is 35.5. The predicted octanol–water partition coefficient (Wildman–Crippen LogP) is 4.48. The van der Waals surface area contributed by atoms with Gasteiger partial charge in [-0.15, -0.1) is 0 Å². The Balaban J connectivity index is 1.60. The van der Waals surface area contributed by atoms with Crippen molar-refractivity contribution in [1.29, 1.82) is 0 Å². The molecule has 2 aromatic carbocycles. The minimum absolute atomic E-state index is 0.0392. The van der Waals surface area contributed by atoms with Gasteiger partial charge < -0.3 is 15.2 Å². The first-order valence-electron chi connectivity index (χ1n) is 11.1. The lowest BCUT2D eigenvalue weighted by Gasteiger charge is -2.44. The molecule has 33 heavy (non-hydrogen) atoms. The summed E-state index contributed by atoms with van der Waals surface area (Å²) in [4.78, 5) is 19.6. The summed E-state index contributed by atoms with van der Waals surface area (Å²) in [6.45, 7) is 4.81. The van der Waals surface area contributed by atoms with E-state index in [0.717, 1.165) is 24.0 Å². The molecule has 1 fully saturated rings. The Kier molecular flexibility index (Phi) is 5.18. The molecule has 5 rings (SSSR count). The monoisotopic (exact) mass is 471 g/mol. The quantitative estimate of drug-likeness (QED) is 0.700. The van der Waals surface area contributed by atoms with E-state index in [4.69, 9.17) is 31.8 Å². The van der Waals surface area contributed by atoms with E-state index in [1.807, 2.05) is 18.2 Å². The van der Waals surface area contributed by atoms with Gasteiger partial charge in [0.1, 0.15) is 17.7 Å². The maximum atomic E-state index is 13.7. The van der Waals surface area contributed by atoms with Crippen LogP contribution in [0.4, 0.5) is 4.39 Å². The largest absolute Gasteiger partial charge is 0.490 e. The van der Waals surface area contributed by atoms with Gasteiger partial charge in [0.15, 0.2) is 11.5 Å². The number of aliphatic imine (C=N–C) groups is 1. The van der Waals surface area contributed by atoms with Crippen molar-refractivity contribution in [3.63, 3.8) is 0 Å². The van der Waals surface area contributed by atoms with E-state index in [9.17, 15) is 9.18 Å². The summed E-state index contributed by atoms with van der Waals surface area (Å²) in [6.07, 6.45) is 1.89. The third-order valence-electron chi connectivity index (χ3n) is 7.02. The van der Waals surface area contributed by atoms with Crippen molar-refractivity contribution in [3.05, 3.63) is 52.8 Å². The molecule has 0 bridgehead atoms. The normalized spacial score (nSPS) is 28.5. The van der Waals surface area contributed by atoms with Crippen molar-refractivity contribution in [2.24, 2.45) is 16.6 Å². The second-order valence-corrected chi connectivity index (χ2v) is 10.2. The van der Waals surface area contributed by atoms with Crippen LogP contribution < -0.4 is 10.5 Å². The summed E-state index contributed by atoms with van der Waals surface area (Å²) in [5, 5.41) is 0.0392. The molecule has 174 valence electrons. The highest BCUT2D eigenvalue weighted by molar-refractivity contribution is 6.31. The molecule has 3 aliphatic rings. The summed E-state index contributed by atoms with van der Waals surface area (Å²) >= 11 is 6.01. The zero-order valence-corrected chi connectivity index (χ0v) is 19.7. The minimum atomic E-state index is -1.15. The average molecular weight is 472 g/mol. The summed E-state index contributed by atoms with van der Waals surface area (Å²) in [5.74, 6) is 0.381. The topological polar surface area (TPSA) is 77.2 Å². The maximum absolute atomic E-state index is 13.7. The molecule has 1 spiro atoms. The van der Waals surface area contributed by atoms with Gasteiger partial charge in [-0.1, -0.05) is 23.7 Å². The molecule has 3 heterocycles. The fourth-order valence-corrected chi connectivity index (χ4v) is 5.47. The first kappa shape index (κ1) is 22.2. The highest BCUT2D eigenvalue weighted by Gasteiger charge is 2.55. The minimum Gasteiger partial charge on any atom is -0.490 e. The number of ether oxygens (including phenoxy) is 2. The van der Waals surface area contributed by atoms with E-state index in [1.54, 1.807) is 19.2 Å². The van der Waals surface area contributed by atoms with Gasteiger partial charge in [0, 0.05) is 31.6 Å². The molecular formula is C25H27ClFN3O3. The molecule has 2 aromatic rings. The van der Waals surface area contributed by atoms with Gasteiger partial charge in [-0.2, -0.15) is 0 Å².